The first-order valence-corrected chi connectivity index (χ1v) is 7.05. The van der Waals surface area contributed by atoms with Gasteiger partial charge in [0, 0.05) is 11.4 Å². The van der Waals surface area contributed by atoms with Crippen LogP contribution in [0, 0.1) is 5.92 Å². The highest BCUT2D eigenvalue weighted by molar-refractivity contribution is 6.30. The average molecular weight is 309 g/mol. The van der Waals surface area contributed by atoms with Gasteiger partial charge in [-0.3, -0.25) is 4.79 Å². The minimum Gasteiger partial charge on any atom is -0.496 e. The first-order valence-electron chi connectivity index (χ1n) is 6.67. The molecule has 0 saturated carbocycles. The Morgan fingerprint density at radius 2 is 2.19 bits per heavy atom. The van der Waals surface area contributed by atoms with Gasteiger partial charge in [0.05, 0.1) is 19.1 Å². The van der Waals surface area contributed by atoms with Gasteiger partial charge in [-0.1, -0.05) is 30.6 Å². The van der Waals surface area contributed by atoms with Gasteiger partial charge in [-0.05, 0) is 24.1 Å². The van der Waals surface area contributed by atoms with Gasteiger partial charge in [0.1, 0.15) is 11.5 Å². The van der Waals surface area contributed by atoms with Crippen molar-refractivity contribution < 1.29 is 14.1 Å². The van der Waals surface area contributed by atoms with Gasteiger partial charge in [0.15, 0.2) is 0 Å². The summed E-state index contributed by atoms with van der Waals surface area (Å²) in [5, 5.41) is 4.46. The van der Waals surface area contributed by atoms with Crippen molar-refractivity contribution in [3.63, 3.8) is 0 Å². The number of Topliss-reactive ketones (excluding diaryl/α,β-unsaturated/α-hetero) is 1. The van der Waals surface area contributed by atoms with E-state index in [0.717, 1.165) is 0 Å². The van der Waals surface area contributed by atoms with Crippen LogP contribution in [0.4, 0.5) is 0 Å². The summed E-state index contributed by atoms with van der Waals surface area (Å²) in [6.07, 6.45) is 0.656. The van der Waals surface area contributed by atoms with Crippen LogP contribution in [0.15, 0.2) is 22.7 Å². The van der Waals surface area contributed by atoms with Gasteiger partial charge in [0.25, 0.3) is 0 Å². The van der Waals surface area contributed by atoms with E-state index < -0.39 is 0 Å². The van der Waals surface area contributed by atoms with Crippen molar-refractivity contribution in [3.05, 3.63) is 29.1 Å². The number of nitrogens with zero attached hydrogens (tertiary/aromatic N) is 2. The molecule has 0 fully saturated rings. The Balaban J connectivity index is 2.18. The zero-order valence-electron chi connectivity index (χ0n) is 12.2. The minimum atomic E-state index is 0.0864. The largest absolute Gasteiger partial charge is 0.496 e. The van der Waals surface area contributed by atoms with Crippen molar-refractivity contribution >= 4 is 17.4 Å². The molecule has 2 aromatic rings. The molecule has 1 heterocycles. The van der Waals surface area contributed by atoms with Crippen LogP contribution >= 0.6 is 11.6 Å². The maximum absolute atomic E-state index is 11.8. The lowest BCUT2D eigenvalue weighted by Crippen LogP contribution is -2.06. The Morgan fingerprint density at radius 3 is 2.86 bits per heavy atom. The zero-order chi connectivity index (χ0) is 15.4. The summed E-state index contributed by atoms with van der Waals surface area (Å²) >= 11 is 5.92. The molecule has 0 bridgehead atoms. The number of ether oxygens (including phenoxy) is 1. The third-order valence-electron chi connectivity index (χ3n) is 2.86. The molecule has 0 saturated heterocycles. The topological polar surface area (TPSA) is 65.2 Å². The molecule has 5 nitrogen and oxygen atoms in total. The molecule has 0 aliphatic heterocycles. The number of rotatable bonds is 6. The van der Waals surface area contributed by atoms with Gasteiger partial charge in [-0.2, -0.15) is 4.98 Å². The van der Waals surface area contributed by atoms with Crippen molar-refractivity contribution in [2.75, 3.05) is 7.11 Å². The molecule has 0 aliphatic carbocycles. The maximum atomic E-state index is 11.8. The fourth-order valence-electron chi connectivity index (χ4n) is 1.98. The number of carbonyl (C=O) groups excluding carboxylic acids is 1. The zero-order valence-corrected chi connectivity index (χ0v) is 13.0. The fourth-order valence-corrected chi connectivity index (χ4v) is 2.14. The number of hydrogen-bond donors (Lipinski definition) is 0. The van der Waals surface area contributed by atoms with E-state index in [-0.39, 0.29) is 12.2 Å². The normalized spacial score (nSPS) is 10.9. The SMILES string of the molecule is COc1cc(Cl)ccc1-c1noc(CC(=O)CC(C)C)n1. The second kappa shape index (κ2) is 6.72. The summed E-state index contributed by atoms with van der Waals surface area (Å²) in [6.45, 7) is 3.99. The Bertz CT molecular complexity index is 638. The summed E-state index contributed by atoms with van der Waals surface area (Å²) in [7, 11) is 1.54. The van der Waals surface area contributed by atoms with Crippen LogP contribution in [0.2, 0.25) is 5.02 Å². The third-order valence-corrected chi connectivity index (χ3v) is 3.09. The van der Waals surface area contributed by atoms with Crippen molar-refractivity contribution in [2.24, 2.45) is 5.92 Å². The molecular weight excluding hydrogens is 292 g/mol. The Hall–Kier alpha value is -1.88. The lowest BCUT2D eigenvalue weighted by molar-refractivity contribution is -0.119. The van der Waals surface area contributed by atoms with Crippen LogP contribution in [-0.2, 0) is 11.2 Å². The number of ketones is 1. The number of methoxy groups -OCH3 is 1. The molecule has 0 spiro atoms. The highest BCUT2D eigenvalue weighted by Crippen LogP contribution is 2.30. The van der Waals surface area contributed by atoms with Crippen molar-refractivity contribution in [1.29, 1.82) is 0 Å². The minimum absolute atomic E-state index is 0.0864. The van der Waals surface area contributed by atoms with E-state index in [4.69, 9.17) is 20.9 Å². The second-order valence-electron chi connectivity index (χ2n) is 5.17. The van der Waals surface area contributed by atoms with E-state index in [1.807, 2.05) is 13.8 Å². The van der Waals surface area contributed by atoms with Gasteiger partial charge in [-0.25, -0.2) is 0 Å². The van der Waals surface area contributed by atoms with Gasteiger partial charge >= 0.3 is 0 Å². The van der Waals surface area contributed by atoms with Crippen LogP contribution in [0.25, 0.3) is 11.4 Å². The first kappa shape index (κ1) is 15.5. The molecule has 112 valence electrons. The monoisotopic (exact) mass is 308 g/mol. The predicted molar refractivity (Wildman–Crippen MR) is 79.5 cm³/mol. The number of halogens is 1. The Labute approximate surface area is 128 Å². The Morgan fingerprint density at radius 1 is 1.43 bits per heavy atom. The molecule has 21 heavy (non-hydrogen) atoms. The van der Waals surface area contributed by atoms with E-state index in [1.165, 1.54) is 0 Å². The smallest absolute Gasteiger partial charge is 0.234 e. The Kier molecular flexibility index (Phi) is 4.96. The molecule has 0 atom stereocenters. The standard InChI is InChI=1S/C15H17ClN2O3/c1-9(2)6-11(19)8-14-17-15(18-21-14)12-5-4-10(16)7-13(12)20-3/h4-5,7,9H,6,8H2,1-3H3. The summed E-state index contributed by atoms with van der Waals surface area (Å²) < 4.78 is 10.4. The molecule has 0 radical (unpaired) electrons. The molecule has 0 N–H and O–H groups in total. The molecule has 6 heteroatoms. The van der Waals surface area contributed by atoms with E-state index >= 15 is 0 Å². The van der Waals surface area contributed by atoms with Crippen molar-refractivity contribution in [3.8, 4) is 17.1 Å². The highest BCUT2D eigenvalue weighted by atomic mass is 35.5. The second-order valence-corrected chi connectivity index (χ2v) is 5.61. The van der Waals surface area contributed by atoms with Crippen LogP contribution in [0.5, 0.6) is 5.75 Å². The lowest BCUT2D eigenvalue weighted by Gasteiger charge is -2.04. The number of aromatic nitrogens is 2. The summed E-state index contributed by atoms with van der Waals surface area (Å²) in [5.41, 5.74) is 0.674. The molecule has 2 rings (SSSR count). The van der Waals surface area contributed by atoms with Crippen molar-refractivity contribution in [1.82, 2.24) is 10.1 Å². The van der Waals surface area contributed by atoms with Crippen LogP contribution in [0.3, 0.4) is 0 Å². The summed E-state index contributed by atoms with van der Waals surface area (Å²) in [5.74, 6) is 1.66. The lowest BCUT2D eigenvalue weighted by atomic mass is 10.1. The van der Waals surface area contributed by atoms with Gasteiger partial charge < -0.3 is 9.26 Å². The van der Waals surface area contributed by atoms with Crippen LogP contribution in [0.1, 0.15) is 26.2 Å². The first-order chi connectivity index (χ1) is 9.99. The molecule has 0 amide bonds. The summed E-state index contributed by atoms with van der Waals surface area (Å²) in [4.78, 5) is 16.0. The fraction of sp³-hybridized carbons (Fsp3) is 0.400. The van der Waals surface area contributed by atoms with Crippen molar-refractivity contribution in [2.45, 2.75) is 26.7 Å². The van der Waals surface area contributed by atoms with E-state index in [1.54, 1.807) is 25.3 Å². The van der Waals surface area contributed by atoms with E-state index in [0.29, 0.717) is 40.4 Å². The number of carbonyl (C=O) groups is 1. The van der Waals surface area contributed by atoms with E-state index in [9.17, 15) is 4.79 Å². The predicted octanol–water partition coefficient (Wildman–Crippen LogP) is 3.56. The molecule has 0 unspecified atom stereocenters. The summed E-state index contributed by atoms with van der Waals surface area (Å²) in [6, 6.07) is 5.15. The van der Waals surface area contributed by atoms with Gasteiger partial charge in [0.2, 0.25) is 11.7 Å². The van der Waals surface area contributed by atoms with Gasteiger partial charge in [-0.15, -0.1) is 0 Å². The quantitative estimate of drug-likeness (QED) is 0.816. The molecule has 1 aromatic heterocycles. The van der Waals surface area contributed by atoms with Crippen LogP contribution < -0.4 is 4.74 Å². The number of hydrogen-bond acceptors (Lipinski definition) is 5. The van der Waals surface area contributed by atoms with E-state index in [2.05, 4.69) is 10.1 Å². The van der Waals surface area contributed by atoms with Crippen LogP contribution in [-0.4, -0.2) is 23.0 Å². The molecule has 0 aliphatic rings. The average Bonchev–Trinajstić information content (AvgIpc) is 2.85. The third kappa shape index (κ3) is 4.04. The maximum Gasteiger partial charge on any atom is 0.234 e. The molecular formula is C15H17ClN2O3. The highest BCUT2D eigenvalue weighted by Gasteiger charge is 2.16. The molecule has 1 aromatic carbocycles. The number of benzene rings is 1.